The summed E-state index contributed by atoms with van der Waals surface area (Å²) in [5, 5.41) is 0.646. The van der Waals surface area contributed by atoms with Crippen LogP contribution < -0.4 is 0 Å². The first-order valence-corrected chi connectivity index (χ1v) is 10.1. The number of thioether (sulfide) groups is 1. The lowest BCUT2D eigenvalue weighted by Crippen LogP contribution is -2.02. The Labute approximate surface area is 164 Å². The van der Waals surface area contributed by atoms with Gasteiger partial charge >= 0.3 is 5.97 Å². The minimum Gasteiger partial charge on any atom is -0.465 e. The number of esters is 1. The largest absolute Gasteiger partial charge is 0.465 e. The molecule has 0 saturated heterocycles. The Morgan fingerprint density at radius 2 is 1.65 bits per heavy atom. The molecule has 0 atom stereocenters. The van der Waals surface area contributed by atoms with Gasteiger partial charge in [-0.25, -0.2) is 4.79 Å². The lowest BCUT2D eigenvalue weighted by molar-refractivity contribution is 0.0596. The van der Waals surface area contributed by atoms with E-state index in [1.165, 1.54) is 7.11 Å². The molecule has 0 aromatic heterocycles. The normalized spacial score (nSPS) is 10.5. The van der Waals surface area contributed by atoms with Gasteiger partial charge in [0.15, 0.2) is 5.78 Å². The van der Waals surface area contributed by atoms with E-state index in [1.54, 1.807) is 42.1 Å². The van der Waals surface area contributed by atoms with Gasteiger partial charge in [0, 0.05) is 21.9 Å². The zero-order valence-electron chi connectivity index (χ0n) is 14.9. The van der Waals surface area contributed by atoms with Crippen LogP contribution in [-0.2, 0) is 4.74 Å². The van der Waals surface area contributed by atoms with Crippen molar-refractivity contribution in [1.29, 1.82) is 0 Å². The number of halogens is 1. The summed E-state index contributed by atoms with van der Waals surface area (Å²) in [7, 11) is 1.40. The molecule has 0 unspecified atom stereocenters. The average molecular weight is 391 g/mol. The third-order valence-corrected chi connectivity index (χ3v) is 5.43. The van der Waals surface area contributed by atoms with Crippen molar-refractivity contribution in [2.75, 3.05) is 12.9 Å². The van der Waals surface area contributed by atoms with Gasteiger partial charge < -0.3 is 4.74 Å². The molecule has 0 aliphatic heterocycles. The highest BCUT2D eigenvalue weighted by molar-refractivity contribution is 7.99. The number of ether oxygens (including phenoxy) is 1. The number of benzene rings is 2. The Morgan fingerprint density at radius 3 is 2.38 bits per heavy atom. The van der Waals surface area contributed by atoms with Gasteiger partial charge in [0.25, 0.3) is 0 Å². The predicted octanol–water partition coefficient (Wildman–Crippen LogP) is 6.05. The van der Waals surface area contributed by atoms with Crippen LogP contribution in [0.15, 0.2) is 53.4 Å². The summed E-state index contributed by atoms with van der Waals surface area (Å²) < 4.78 is 4.81. The maximum atomic E-state index is 12.1. The number of carbonyl (C=O) groups excluding carboxylic acids is 2. The van der Waals surface area contributed by atoms with Crippen molar-refractivity contribution in [2.45, 2.75) is 37.0 Å². The smallest absolute Gasteiger partial charge is 0.338 e. The molecule has 0 radical (unpaired) electrons. The third-order valence-electron chi connectivity index (χ3n) is 4.01. The summed E-state index contributed by atoms with van der Waals surface area (Å²) in [5.74, 6) is 0.816. The van der Waals surface area contributed by atoms with Crippen LogP contribution in [0.2, 0.25) is 5.02 Å². The highest BCUT2D eigenvalue weighted by Gasteiger charge is 2.11. The van der Waals surface area contributed by atoms with Crippen LogP contribution in [0.3, 0.4) is 0 Å². The fourth-order valence-corrected chi connectivity index (χ4v) is 3.75. The van der Waals surface area contributed by atoms with Crippen LogP contribution in [-0.4, -0.2) is 24.6 Å². The van der Waals surface area contributed by atoms with Crippen molar-refractivity contribution in [1.82, 2.24) is 0 Å². The number of ketones is 1. The molecule has 0 amide bonds. The van der Waals surface area contributed by atoms with E-state index in [0.717, 1.165) is 41.9 Å². The maximum Gasteiger partial charge on any atom is 0.338 e. The molecule has 0 bridgehead atoms. The van der Waals surface area contributed by atoms with Crippen molar-refractivity contribution >= 4 is 35.1 Å². The third kappa shape index (κ3) is 6.50. The molecule has 0 fully saturated rings. The van der Waals surface area contributed by atoms with Gasteiger partial charge in [-0.3, -0.25) is 4.79 Å². The standard InChI is InChI=1S/C21H23ClO3S/c1-25-21(24)18-8-5-6-10-20(18)26-15-7-3-2-4-9-19(23)16-11-13-17(22)14-12-16/h5-6,8,10-14H,2-4,7,9,15H2,1H3. The van der Waals surface area contributed by atoms with E-state index in [2.05, 4.69) is 0 Å². The number of rotatable bonds is 10. The highest BCUT2D eigenvalue weighted by Crippen LogP contribution is 2.24. The Kier molecular flexibility index (Phi) is 8.72. The minimum absolute atomic E-state index is 0.169. The molecule has 2 aromatic rings. The summed E-state index contributed by atoms with van der Waals surface area (Å²) in [6, 6.07) is 14.6. The molecule has 2 rings (SSSR count). The Balaban J connectivity index is 1.63. The summed E-state index contributed by atoms with van der Waals surface area (Å²) in [6.45, 7) is 0. The second-order valence-electron chi connectivity index (χ2n) is 5.93. The number of hydrogen-bond acceptors (Lipinski definition) is 4. The van der Waals surface area contributed by atoms with Gasteiger partial charge in [0.1, 0.15) is 0 Å². The van der Waals surface area contributed by atoms with Crippen molar-refractivity contribution in [3.05, 3.63) is 64.7 Å². The molecule has 0 saturated carbocycles. The fourth-order valence-electron chi connectivity index (χ4n) is 2.57. The van der Waals surface area contributed by atoms with Crippen molar-refractivity contribution in [3.8, 4) is 0 Å². The second-order valence-corrected chi connectivity index (χ2v) is 7.50. The average Bonchev–Trinajstić information content (AvgIpc) is 2.67. The number of methoxy groups -OCH3 is 1. The number of hydrogen-bond donors (Lipinski definition) is 0. The van der Waals surface area contributed by atoms with E-state index in [0.29, 0.717) is 17.0 Å². The van der Waals surface area contributed by atoms with E-state index in [1.807, 2.05) is 18.2 Å². The van der Waals surface area contributed by atoms with E-state index < -0.39 is 0 Å². The monoisotopic (exact) mass is 390 g/mol. The highest BCUT2D eigenvalue weighted by atomic mass is 35.5. The topological polar surface area (TPSA) is 43.4 Å². The zero-order chi connectivity index (χ0) is 18.8. The van der Waals surface area contributed by atoms with Crippen molar-refractivity contribution in [3.63, 3.8) is 0 Å². The first-order valence-electron chi connectivity index (χ1n) is 8.70. The van der Waals surface area contributed by atoms with Crippen molar-refractivity contribution in [2.24, 2.45) is 0 Å². The molecule has 2 aromatic carbocycles. The van der Waals surface area contributed by atoms with Crippen LogP contribution in [0.1, 0.15) is 52.8 Å². The molecule has 0 aliphatic rings. The van der Waals surface area contributed by atoms with Gasteiger partial charge in [0.05, 0.1) is 12.7 Å². The minimum atomic E-state index is -0.297. The summed E-state index contributed by atoms with van der Waals surface area (Å²) in [6.07, 6.45) is 4.61. The lowest BCUT2D eigenvalue weighted by atomic mass is 10.0. The molecular weight excluding hydrogens is 368 g/mol. The maximum absolute atomic E-state index is 12.1. The van der Waals surface area contributed by atoms with Crippen LogP contribution in [0, 0.1) is 0 Å². The lowest BCUT2D eigenvalue weighted by Gasteiger charge is -2.07. The van der Waals surface area contributed by atoms with Crippen LogP contribution in [0.4, 0.5) is 0 Å². The zero-order valence-corrected chi connectivity index (χ0v) is 16.4. The van der Waals surface area contributed by atoms with Gasteiger partial charge in [-0.1, -0.05) is 36.6 Å². The molecular formula is C21H23ClO3S. The Hall–Kier alpha value is -1.78. The number of carbonyl (C=O) groups is 2. The van der Waals surface area contributed by atoms with Gasteiger partial charge in [0.2, 0.25) is 0 Å². The Morgan fingerprint density at radius 1 is 0.962 bits per heavy atom. The predicted molar refractivity (Wildman–Crippen MR) is 107 cm³/mol. The number of unbranched alkanes of at least 4 members (excludes halogenated alkanes) is 3. The molecule has 3 nitrogen and oxygen atoms in total. The number of Topliss-reactive ketones (excluding diaryl/α,β-unsaturated/α-hetero) is 1. The first kappa shape index (κ1) is 20.5. The molecule has 0 spiro atoms. The molecule has 0 heterocycles. The summed E-state index contributed by atoms with van der Waals surface area (Å²) in [4.78, 5) is 24.8. The summed E-state index contributed by atoms with van der Waals surface area (Å²) in [5.41, 5.74) is 1.35. The quantitative estimate of drug-likeness (QED) is 0.214. The van der Waals surface area contributed by atoms with E-state index >= 15 is 0 Å². The van der Waals surface area contributed by atoms with Crippen molar-refractivity contribution < 1.29 is 14.3 Å². The van der Waals surface area contributed by atoms with Gasteiger partial charge in [-0.2, -0.15) is 0 Å². The van der Waals surface area contributed by atoms with Gasteiger partial charge in [-0.05, 0) is 55.0 Å². The first-order chi connectivity index (χ1) is 12.6. The molecule has 26 heavy (non-hydrogen) atoms. The fraction of sp³-hybridized carbons (Fsp3) is 0.333. The SMILES string of the molecule is COC(=O)c1ccccc1SCCCCCCC(=O)c1ccc(Cl)cc1. The molecule has 0 N–H and O–H groups in total. The summed E-state index contributed by atoms with van der Waals surface area (Å²) >= 11 is 7.51. The molecule has 0 aliphatic carbocycles. The van der Waals surface area contributed by atoms with Crippen LogP contribution in [0.25, 0.3) is 0 Å². The molecule has 5 heteroatoms. The van der Waals surface area contributed by atoms with E-state index in [4.69, 9.17) is 16.3 Å². The Bertz CT molecular complexity index is 728. The molecule has 138 valence electrons. The van der Waals surface area contributed by atoms with E-state index in [-0.39, 0.29) is 11.8 Å². The van der Waals surface area contributed by atoms with E-state index in [9.17, 15) is 9.59 Å². The second kappa shape index (κ2) is 11.0. The van der Waals surface area contributed by atoms with Crippen LogP contribution in [0.5, 0.6) is 0 Å². The van der Waals surface area contributed by atoms with Gasteiger partial charge in [-0.15, -0.1) is 11.8 Å². The van der Waals surface area contributed by atoms with Crippen LogP contribution >= 0.6 is 23.4 Å².